The van der Waals surface area contributed by atoms with E-state index in [1.54, 1.807) is 0 Å². The Morgan fingerprint density at radius 1 is 0.581 bits per heavy atom. The van der Waals surface area contributed by atoms with E-state index in [-0.39, 0.29) is 12.5 Å². The third-order valence-electron chi connectivity index (χ3n) is 7.79. The van der Waals surface area contributed by atoms with E-state index in [4.69, 9.17) is 0 Å². The SMILES string of the molecule is CC/C=C\C/C=C\C/C=C\C/C=C\C/C=C\CCCCCC(=O)NC(CO)C(O)CCCCCCCCCCCCCC. The lowest BCUT2D eigenvalue weighted by molar-refractivity contribution is -0.123. The number of carbonyl (C=O) groups is 1. The van der Waals surface area contributed by atoms with Crippen molar-refractivity contribution in [2.75, 3.05) is 6.61 Å². The van der Waals surface area contributed by atoms with Gasteiger partial charge in [-0.3, -0.25) is 4.79 Å². The van der Waals surface area contributed by atoms with Crippen LogP contribution in [0.4, 0.5) is 0 Å². The van der Waals surface area contributed by atoms with Gasteiger partial charge in [0.1, 0.15) is 0 Å². The number of amides is 1. The smallest absolute Gasteiger partial charge is 0.220 e. The van der Waals surface area contributed by atoms with Crippen LogP contribution in [0.1, 0.15) is 162 Å². The summed E-state index contributed by atoms with van der Waals surface area (Å²) in [5, 5.41) is 23.0. The molecular weight excluding hydrogens is 530 g/mol. The molecule has 2 atom stereocenters. The van der Waals surface area contributed by atoms with E-state index in [2.05, 4.69) is 79.9 Å². The molecule has 0 aliphatic heterocycles. The molecule has 2 unspecified atom stereocenters. The molecule has 0 spiro atoms. The van der Waals surface area contributed by atoms with E-state index in [0.29, 0.717) is 12.8 Å². The first-order valence-corrected chi connectivity index (χ1v) is 18.0. The van der Waals surface area contributed by atoms with E-state index in [9.17, 15) is 15.0 Å². The van der Waals surface area contributed by atoms with Crippen molar-refractivity contribution in [2.24, 2.45) is 0 Å². The van der Waals surface area contributed by atoms with Crippen molar-refractivity contribution in [2.45, 2.75) is 174 Å². The van der Waals surface area contributed by atoms with Crippen LogP contribution in [0.15, 0.2) is 60.8 Å². The van der Waals surface area contributed by atoms with Crippen molar-refractivity contribution >= 4 is 5.91 Å². The zero-order valence-corrected chi connectivity index (χ0v) is 28.2. The minimum Gasteiger partial charge on any atom is -0.394 e. The second-order valence-electron chi connectivity index (χ2n) is 11.9. The van der Waals surface area contributed by atoms with Gasteiger partial charge >= 0.3 is 0 Å². The topological polar surface area (TPSA) is 69.6 Å². The van der Waals surface area contributed by atoms with Gasteiger partial charge in [0.2, 0.25) is 5.91 Å². The van der Waals surface area contributed by atoms with Crippen LogP contribution in [0, 0.1) is 0 Å². The van der Waals surface area contributed by atoms with Gasteiger partial charge in [-0.05, 0) is 57.8 Å². The minimum absolute atomic E-state index is 0.0670. The lowest BCUT2D eigenvalue weighted by Gasteiger charge is -2.22. The second-order valence-corrected chi connectivity index (χ2v) is 11.9. The molecule has 0 heterocycles. The average molecular weight is 600 g/mol. The highest BCUT2D eigenvalue weighted by molar-refractivity contribution is 5.76. The molecule has 0 bridgehead atoms. The van der Waals surface area contributed by atoms with Crippen molar-refractivity contribution in [1.82, 2.24) is 5.32 Å². The van der Waals surface area contributed by atoms with Crippen LogP contribution in [0.3, 0.4) is 0 Å². The molecule has 248 valence electrons. The minimum atomic E-state index is -0.674. The monoisotopic (exact) mass is 600 g/mol. The zero-order chi connectivity index (χ0) is 31.5. The molecule has 0 saturated heterocycles. The number of carbonyl (C=O) groups excluding carboxylic acids is 1. The summed E-state index contributed by atoms with van der Waals surface area (Å²) in [6.07, 6.45) is 47.0. The number of nitrogens with one attached hydrogen (secondary N) is 1. The van der Waals surface area contributed by atoms with Gasteiger partial charge in [-0.15, -0.1) is 0 Å². The summed E-state index contributed by atoms with van der Waals surface area (Å²) in [5.74, 6) is -0.0670. The van der Waals surface area contributed by atoms with Gasteiger partial charge < -0.3 is 15.5 Å². The number of unbranched alkanes of at least 4 members (excludes halogenated alkanes) is 14. The Bertz CT molecular complexity index is 737. The van der Waals surface area contributed by atoms with Gasteiger partial charge in [0, 0.05) is 6.42 Å². The number of allylic oxidation sites excluding steroid dienone is 10. The number of aliphatic hydroxyl groups is 2. The van der Waals surface area contributed by atoms with Gasteiger partial charge in [-0.1, -0.05) is 158 Å². The zero-order valence-electron chi connectivity index (χ0n) is 28.2. The summed E-state index contributed by atoms with van der Waals surface area (Å²) in [5.41, 5.74) is 0. The molecule has 4 heteroatoms. The van der Waals surface area contributed by atoms with Crippen molar-refractivity contribution in [3.05, 3.63) is 60.8 Å². The maximum absolute atomic E-state index is 12.3. The van der Waals surface area contributed by atoms with Gasteiger partial charge in [0.05, 0.1) is 18.8 Å². The number of hydrogen-bond donors (Lipinski definition) is 3. The summed E-state index contributed by atoms with van der Waals surface area (Å²) in [7, 11) is 0. The molecule has 0 aliphatic rings. The molecular formula is C39H69NO3. The highest BCUT2D eigenvalue weighted by Gasteiger charge is 2.19. The van der Waals surface area contributed by atoms with E-state index in [1.807, 2.05) is 0 Å². The van der Waals surface area contributed by atoms with Crippen molar-refractivity contribution in [1.29, 1.82) is 0 Å². The molecule has 43 heavy (non-hydrogen) atoms. The Hall–Kier alpha value is -1.91. The largest absolute Gasteiger partial charge is 0.394 e. The fourth-order valence-electron chi connectivity index (χ4n) is 5.03. The molecule has 0 aromatic heterocycles. The van der Waals surface area contributed by atoms with E-state index < -0.39 is 12.1 Å². The second kappa shape index (κ2) is 34.6. The van der Waals surface area contributed by atoms with Crippen LogP contribution in [0.2, 0.25) is 0 Å². The number of rotatable bonds is 31. The number of aliphatic hydroxyl groups excluding tert-OH is 2. The molecule has 3 N–H and O–H groups in total. The van der Waals surface area contributed by atoms with Gasteiger partial charge in [-0.2, -0.15) is 0 Å². The van der Waals surface area contributed by atoms with Crippen molar-refractivity contribution in [3.8, 4) is 0 Å². The van der Waals surface area contributed by atoms with Crippen LogP contribution in [-0.4, -0.2) is 34.9 Å². The maximum atomic E-state index is 12.3. The van der Waals surface area contributed by atoms with Gasteiger partial charge in [0.25, 0.3) is 0 Å². The summed E-state index contributed by atoms with van der Waals surface area (Å²) in [4.78, 5) is 12.3. The summed E-state index contributed by atoms with van der Waals surface area (Å²) < 4.78 is 0. The standard InChI is InChI=1S/C39H69NO3/c1-3-5-7-9-11-13-15-17-18-19-20-21-22-23-25-27-29-31-33-35-39(43)40-37(36-41)38(42)34-32-30-28-26-24-16-14-12-10-8-6-4-2/h5,7,11,13,17-18,20-21,23,25,37-38,41-42H,3-4,6,8-10,12,14-16,19,22,24,26-36H2,1-2H3,(H,40,43)/b7-5-,13-11-,18-17-,21-20-,25-23-. The highest BCUT2D eigenvalue weighted by Crippen LogP contribution is 2.14. The molecule has 0 fully saturated rings. The molecule has 0 aromatic carbocycles. The lowest BCUT2D eigenvalue weighted by Crippen LogP contribution is -2.45. The molecule has 4 nitrogen and oxygen atoms in total. The first kappa shape index (κ1) is 41.1. The Morgan fingerprint density at radius 2 is 1.02 bits per heavy atom. The fourth-order valence-corrected chi connectivity index (χ4v) is 5.03. The summed E-state index contributed by atoms with van der Waals surface area (Å²) in [6.45, 7) is 4.20. The van der Waals surface area contributed by atoms with E-state index in [0.717, 1.165) is 70.6 Å². The Labute approximate surface area is 266 Å². The first-order valence-electron chi connectivity index (χ1n) is 18.0. The van der Waals surface area contributed by atoms with Gasteiger partial charge in [-0.25, -0.2) is 0 Å². The molecule has 0 rings (SSSR count). The van der Waals surface area contributed by atoms with Crippen LogP contribution in [-0.2, 0) is 4.79 Å². The Morgan fingerprint density at radius 3 is 1.51 bits per heavy atom. The first-order chi connectivity index (χ1) is 21.2. The van der Waals surface area contributed by atoms with E-state index >= 15 is 0 Å². The van der Waals surface area contributed by atoms with Crippen LogP contribution in [0.5, 0.6) is 0 Å². The average Bonchev–Trinajstić information content (AvgIpc) is 3.01. The van der Waals surface area contributed by atoms with Crippen molar-refractivity contribution < 1.29 is 15.0 Å². The van der Waals surface area contributed by atoms with Crippen LogP contribution < -0.4 is 5.32 Å². The predicted octanol–water partition coefficient (Wildman–Crippen LogP) is 10.6. The van der Waals surface area contributed by atoms with Crippen molar-refractivity contribution in [3.63, 3.8) is 0 Å². The number of hydrogen-bond acceptors (Lipinski definition) is 3. The van der Waals surface area contributed by atoms with Gasteiger partial charge in [0.15, 0.2) is 0 Å². The fraction of sp³-hybridized carbons (Fsp3) is 0.718. The van der Waals surface area contributed by atoms with E-state index in [1.165, 1.54) is 64.2 Å². The molecule has 1 amide bonds. The maximum Gasteiger partial charge on any atom is 0.220 e. The molecule has 0 saturated carbocycles. The van der Waals surface area contributed by atoms with Crippen LogP contribution in [0.25, 0.3) is 0 Å². The predicted molar refractivity (Wildman–Crippen MR) is 188 cm³/mol. The third kappa shape index (κ3) is 31.3. The molecule has 0 radical (unpaired) electrons. The summed E-state index contributed by atoms with van der Waals surface area (Å²) >= 11 is 0. The Kier molecular flexibility index (Phi) is 33.0. The third-order valence-corrected chi connectivity index (χ3v) is 7.79. The normalized spacial score (nSPS) is 13.9. The Balaban J connectivity index is 3.70. The quantitative estimate of drug-likeness (QED) is 0.0548. The lowest BCUT2D eigenvalue weighted by atomic mass is 10.0. The molecule has 0 aliphatic carbocycles. The summed E-state index contributed by atoms with van der Waals surface area (Å²) in [6, 6.07) is -0.554. The van der Waals surface area contributed by atoms with Crippen LogP contribution >= 0.6 is 0 Å². The molecule has 0 aromatic rings. The highest BCUT2D eigenvalue weighted by atomic mass is 16.3.